The molecule has 4 heteroatoms. The molecule has 19 heavy (non-hydrogen) atoms. The molecule has 2 atom stereocenters. The Kier molecular flexibility index (Phi) is 4.92. The van der Waals surface area contributed by atoms with Crippen LogP contribution in [0.1, 0.15) is 39.5 Å². The number of pyridine rings is 1. The second-order valence-electron chi connectivity index (χ2n) is 5.47. The van der Waals surface area contributed by atoms with Crippen molar-refractivity contribution in [3.63, 3.8) is 0 Å². The summed E-state index contributed by atoms with van der Waals surface area (Å²) in [4.78, 5) is 6.67. The van der Waals surface area contributed by atoms with Crippen LogP contribution in [-0.2, 0) is 0 Å². The number of halogens is 1. The third-order valence-corrected chi connectivity index (χ3v) is 4.10. The van der Waals surface area contributed by atoms with Crippen LogP contribution in [0.3, 0.4) is 0 Å². The highest BCUT2D eigenvalue weighted by molar-refractivity contribution is 6.21. The van der Waals surface area contributed by atoms with Gasteiger partial charge in [-0.3, -0.25) is 0 Å². The van der Waals surface area contributed by atoms with Gasteiger partial charge in [0, 0.05) is 19.3 Å². The predicted molar refractivity (Wildman–Crippen MR) is 80.3 cm³/mol. The summed E-state index contributed by atoms with van der Waals surface area (Å²) >= 11 is 6.48. The van der Waals surface area contributed by atoms with Gasteiger partial charge in [0.1, 0.15) is 0 Å². The fraction of sp³-hybridized carbons (Fsp3) is 0.667. The van der Waals surface area contributed by atoms with Crippen LogP contribution in [0.4, 0.5) is 5.82 Å². The van der Waals surface area contributed by atoms with Crippen LogP contribution in [0.15, 0.2) is 18.3 Å². The maximum absolute atomic E-state index is 6.48. The van der Waals surface area contributed by atoms with Crippen molar-refractivity contribution in [3.8, 4) is 5.75 Å². The van der Waals surface area contributed by atoms with Crippen molar-refractivity contribution in [1.29, 1.82) is 0 Å². The van der Waals surface area contributed by atoms with Gasteiger partial charge in [0.15, 0.2) is 11.6 Å². The monoisotopic (exact) mass is 282 g/mol. The summed E-state index contributed by atoms with van der Waals surface area (Å²) in [6, 6.07) is 4.23. The maximum atomic E-state index is 6.48. The number of hydrogen-bond acceptors (Lipinski definition) is 3. The Balaban J connectivity index is 2.20. The highest BCUT2D eigenvalue weighted by atomic mass is 35.5. The van der Waals surface area contributed by atoms with Gasteiger partial charge < -0.3 is 9.64 Å². The molecule has 0 N–H and O–H groups in total. The molecule has 0 amide bonds. The van der Waals surface area contributed by atoms with Gasteiger partial charge >= 0.3 is 0 Å². The molecular weight excluding hydrogens is 260 g/mol. The van der Waals surface area contributed by atoms with E-state index in [1.807, 2.05) is 32.2 Å². The molecule has 0 bridgehead atoms. The molecule has 1 aromatic rings. The average Bonchev–Trinajstić information content (AvgIpc) is 2.38. The number of alkyl halides is 1. The zero-order valence-electron chi connectivity index (χ0n) is 12.0. The smallest absolute Gasteiger partial charge is 0.171 e. The van der Waals surface area contributed by atoms with E-state index in [0.29, 0.717) is 6.04 Å². The van der Waals surface area contributed by atoms with Gasteiger partial charge in [-0.25, -0.2) is 4.98 Å². The zero-order valence-corrected chi connectivity index (χ0v) is 12.7. The van der Waals surface area contributed by atoms with E-state index in [9.17, 15) is 0 Å². The summed E-state index contributed by atoms with van der Waals surface area (Å²) < 4.78 is 5.85. The molecule has 1 aromatic heterocycles. The topological polar surface area (TPSA) is 25.4 Å². The number of hydrogen-bond donors (Lipinski definition) is 0. The fourth-order valence-corrected chi connectivity index (χ4v) is 3.10. The third-order valence-electron chi connectivity index (χ3n) is 3.59. The largest absolute Gasteiger partial charge is 0.487 e. The molecule has 1 saturated carbocycles. The van der Waals surface area contributed by atoms with Crippen molar-refractivity contribution < 1.29 is 4.74 Å². The van der Waals surface area contributed by atoms with Crippen molar-refractivity contribution in [2.75, 3.05) is 11.9 Å². The molecule has 0 aromatic carbocycles. The van der Waals surface area contributed by atoms with E-state index >= 15 is 0 Å². The van der Waals surface area contributed by atoms with E-state index in [4.69, 9.17) is 16.3 Å². The quantitative estimate of drug-likeness (QED) is 0.784. The van der Waals surface area contributed by atoms with E-state index in [-0.39, 0.29) is 11.5 Å². The second-order valence-corrected chi connectivity index (χ2v) is 6.03. The molecule has 0 aliphatic heterocycles. The summed E-state index contributed by atoms with van der Waals surface area (Å²) in [6.07, 6.45) is 6.65. The molecule has 0 spiro atoms. The molecule has 2 rings (SSSR count). The molecule has 2 unspecified atom stereocenters. The van der Waals surface area contributed by atoms with Crippen molar-refractivity contribution in [2.24, 2.45) is 0 Å². The van der Waals surface area contributed by atoms with Crippen LogP contribution in [-0.4, -0.2) is 29.6 Å². The third kappa shape index (κ3) is 3.53. The molecule has 1 aliphatic rings. The Labute approximate surface area is 120 Å². The van der Waals surface area contributed by atoms with Crippen molar-refractivity contribution >= 4 is 17.4 Å². The van der Waals surface area contributed by atoms with Crippen molar-refractivity contribution in [3.05, 3.63) is 18.3 Å². The Morgan fingerprint density at radius 1 is 1.37 bits per heavy atom. The van der Waals surface area contributed by atoms with Gasteiger partial charge in [-0.1, -0.05) is 12.8 Å². The summed E-state index contributed by atoms with van der Waals surface area (Å²) in [6.45, 7) is 4.06. The van der Waals surface area contributed by atoms with Gasteiger partial charge in [0.25, 0.3) is 0 Å². The molecule has 1 fully saturated rings. The minimum Gasteiger partial charge on any atom is -0.487 e. The van der Waals surface area contributed by atoms with Crippen molar-refractivity contribution in [1.82, 2.24) is 4.98 Å². The lowest BCUT2D eigenvalue weighted by Gasteiger charge is -2.36. The van der Waals surface area contributed by atoms with Crippen molar-refractivity contribution in [2.45, 2.75) is 57.1 Å². The molecule has 0 radical (unpaired) electrons. The molecule has 1 aliphatic carbocycles. The van der Waals surface area contributed by atoms with E-state index in [1.165, 1.54) is 12.8 Å². The second kappa shape index (κ2) is 6.47. The first kappa shape index (κ1) is 14.4. The number of anilines is 1. The average molecular weight is 283 g/mol. The Morgan fingerprint density at radius 2 is 2.11 bits per heavy atom. The van der Waals surface area contributed by atoms with Crippen LogP contribution >= 0.6 is 11.6 Å². The van der Waals surface area contributed by atoms with E-state index in [0.717, 1.165) is 24.4 Å². The minimum atomic E-state index is 0.148. The predicted octanol–water partition coefficient (Wildman–Crippen LogP) is 3.86. The standard InChI is InChI=1S/C15H23ClN2O/c1-11(2)19-14-9-6-10-17-15(14)18(3)13-8-5-4-7-12(13)16/h6,9-13H,4-5,7-8H2,1-3H3. The fourth-order valence-electron chi connectivity index (χ4n) is 2.65. The summed E-state index contributed by atoms with van der Waals surface area (Å²) in [5, 5.41) is 0.202. The Bertz CT molecular complexity index is 411. The summed E-state index contributed by atoms with van der Waals surface area (Å²) in [7, 11) is 2.07. The number of aromatic nitrogens is 1. The van der Waals surface area contributed by atoms with E-state index < -0.39 is 0 Å². The first-order chi connectivity index (χ1) is 9.09. The first-order valence-corrected chi connectivity index (χ1v) is 7.52. The van der Waals surface area contributed by atoms with Gasteiger partial charge in [0.2, 0.25) is 0 Å². The highest BCUT2D eigenvalue weighted by Gasteiger charge is 2.28. The van der Waals surface area contributed by atoms with Crippen LogP contribution in [0.2, 0.25) is 0 Å². The lowest BCUT2D eigenvalue weighted by atomic mass is 9.94. The van der Waals surface area contributed by atoms with Crippen LogP contribution in [0.25, 0.3) is 0 Å². The first-order valence-electron chi connectivity index (χ1n) is 7.08. The number of nitrogens with zero attached hydrogens (tertiary/aromatic N) is 2. The summed E-state index contributed by atoms with van der Waals surface area (Å²) in [5.41, 5.74) is 0. The summed E-state index contributed by atoms with van der Waals surface area (Å²) in [5.74, 6) is 1.74. The van der Waals surface area contributed by atoms with Gasteiger partial charge in [0.05, 0.1) is 11.5 Å². The lowest BCUT2D eigenvalue weighted by molar-refractivity contribution is 0.241. The SMILES string of the molecule is CC(C)Oc1cccnc1N(C)C1CCCCC1Cl. The molecule has 0 saturated heterocycles. The van der Waals surface area contributed by atoms with E-state index in [2.05, 4.69) is 16.9 Å². The Hall–Kier alpha value is -0.960. The lowest BCUT2D eigenvalue weighted by Crippen LogP contribution is -2.41. The molecule has 3 nitrogen and oxygen atoms in total. The highest BCUT2D eigenvalue weighted by Crippen LogP contribution is 2.33. The minimum absolute atomic E-state index is 0.148. The van der Waals surface area contributed by atoms with Crippen LogP contribution in [0, 0.1) is 0 Å². The molecule has 106 valence electrons. The normalized spacial score (nSPS) is 23.4. The molecular formula is C15H23ClN2O. The Morgan fingerprint density at radius 3 is 2.79 bits per heavy atom. The van der Waals surface area contributed by atoms with E-state index in [1.54, 1.807) is 0 Å². The van der Waals surface area contributed by atoms with Gasteiger partial charge in [-0.15, -0.1) is 11.6 Å². The van der Waals surface area contributed by atoms with Gasteiger partial charge in [-0.05, 0) is 38.8 Å². The van der Waals surface area contributed by atoms with Crippen LogP contribution in [0.5, 0.6) is 5.75 Å². The zero-order chi connectivity index (χ0) is 13.8. The maximum Gasteiger partial charge on any atom is 0.171 e. The van der Waals surface area contributed by atoms with Gasteiger partial charge in [-0.2, -0.15) is 0 Å². The molecule has 1 heterocycles. The number of ether oxygens (including phenoxy) is 1. The number of rotatable bonds is 4. The van der Waals surface area contributed by atoms with Crippen LogP contribution < -0.4 is 9.64 Å².